The van der Waals surface area contributed by atoms with E-state index in [1.807, 2.05) is 23.6 Å². The molecule has 6 nitrogen and oxygen atoms in total. The number of hydrogen-bond acceptors (Lipinski definition) is 6. The summed E-state index contributed by atoms with van der Waals surface area (Å²) in [5.74, 6) is 6.67. The van der Waals surface area contributed by atoms with Gasteiger partial charge in [0.2, 0.25) is 0 Å². The van der Waals surface area contributed by atoms with Crippen LogP contribution in [0.3, 0.4) is 0 Å². The molecule has 3 heterocycles. The van der Waals surface area contributed by atoms with Gasteiger partial charge in [-0.1, -0.05) is 5.92 Å². The summed E-state index contributed by atoms with van der Waals surface area (Å²) in [7, 11) is 1.60. The average molecular weight is 496 g/mol. The molecule has 3 aromatic rings. The molecule has 3 atom stereocenters. The molecule has 0 saturated carbocycles. The fourth-order valence-electron chi connectivity index (χ4n) is 4.89. The number of nitrogens with zero attached hydrogens (tertiary/aromatic N) is 3. The number of methoxy groups -OCH3 is 1. The van der Waals surface area contributed by atoms with E-state index in [4.69, 9.17) is 4.74 Å². The molecular weight excluding hydrogens is 465 g/mol. The molecular formula is C27H30FN3O3S. The van der Waals surface area contributed by atoms with Crippen LogP contribution in [0.25, 0.3) is 10.9 Å². The number of alkyl halides is 1. The lowest BCUT2D eigenvalue weighted by atomic mass is 9.79. The molecule has 1 saturated heterocycles. The van der Waals surface area contributed by atoms with Crippen molar-refractivity contribution in [3.63, 3.8) is 0 Å². The molecule has 2 aromatic heterocycles. The number of thiazole rings is 1. The first kappa shape index (κ1) is 25.1. The predicted octanol–water partition coefficient (Wildman–Crippen LogP) is 5.35. The Labute approximate surface area is 209 Å². The van der Waals surface area contributed by atoms with Crippen LogP contribution in [-0.2, 0) is 4.79 Å². The number of ether oxygens (including phenoxy) is 1. The lowest BCUT2D eigenvalue weighted by Crippen LogP contribution is -2.41. The number of likely N-dealkylation sites (tertiary alicyclic amines) is 1. The molecule has 35 heavy (non-hydrogen) atoms. The van der Waals surface area contributed by atoms with Gasteiger partial charge in [0, 0.05) is 36.1 Å². The van der Waals surface area contributed by atoms with Gasteiger partial charge < -0.3 is 9.84 Å². The van der Waals surface area contributed by atoms with Gasteiger partial charge in [-0.15, -0.1) is 11.3 Å². The predicted molar refractivity (Wildman–Crippen MR) is 135 cm³/mol. The van der Waals surface area contributed by atoms with E-state index in [0.29, 0.717) is 36.6 Å². The fourth-order valence-corrected chi connectivity index (χ4v) is 5.39. The van der Waals surface area contributed by atoms with Gasteiger partial charge in [-0.2, -0.15) is 0 Å². The van der Waals surface area contributed by atoms with Gasteiger partial charge in [0.1, 0.15) is 11.9 Å². The van der Waals surface area contributed by atoms with Crippen LogP contribution in [0.1, 0.15) is 48.8 Å². The number of carbonyl (C=O) groups is 1. The van der Waals surface area contributed by atoms with E-state index in [0.717, 1.165) is 41.8 Å². The van der Waals surface area contributed by atoms with Gasteiger partial charge in [0.25, 0.3) is 0 Å². The summed E-state index contributed by atoms with van der Waals surface area (Å²) < 4.78 is 20.8. The van der Waals surface area contributed by atoms with Gasteiger partial charge in [-0.05, 0) is 79.8 Å². The first-order chi connectivity index (χ1) is 17.0. The molecule has 8 heteroatoms. The topological polar surface area (TPSA) is 75.5 Å². The second-order valence-corrected chi connectivity index (χ2v) is 9.84. The quantitative estimate of drug-likeness (QED) is 0.404. The van der Waals surface area contributed by atoms with E-state index in [1.165, 1.54) is 11.3 Å². The average Bonchev–Trinajstić information content (AvgIpc) is 3.39. The number of hydrogen-bond donors (Lipinski definition) is 1. The molecule has 1 N–H and O–H groups in total. The van der Waals surface area contributed by atoms with Crippen molar-refractivity contribution in [3.8, 4) is 17.6 Å². The highest BCUT2D eigenvalue weighted by molar-refractivity contribution is 7.10. The van der Waals surface area contributed by atoms with Crippen LogP contribution in [0.5, 0.6) is 5.75 Å². The van der Waals surface area contributed by atoms with E-state index in [1.54, 1.807) is 25.6 Å². The Kier molecular flexibility index (Phi) is 8.67. The minimum atomic E-state index is -1.12. The third-order valence-electron chi connectivity index (χ3n) is 6.75. The number of fused-ring (bicyclic) bond motifs is 1. The van der Waals surface area contributed by atoms with Crippen LogP contribution < -0.4 is 4.74 Å². The standard InChI is InChI=1S/C27H30FN3O3S/c1-34-21-6-8-25-23(17-21)22(10-12-29-25)24(28)7-4-19-11-15-31(18-20(19)5-9-27(32)33)14-2-3-26-30-13-16-35-26/h6,8,10,12-13,16-17,19-20,24H,4-5,7,9,11,14-15,18H2,1H3,(H,32,33)/t19-,20+,24?/m1/s1. The summed E-state index contributed by atoms with van der Waals surface area (Å²) in [6.07, 6.45) is 5.04. The molecule has 1 unspecified atom stereocenters. The van der Waals surface area contributed by atoms with Crippen molar-refractivity contribution in [2.75, 3.05) is 26.7 Å². The van der Waals surface area contributed by atoms with Gasteiger partial charge in [0.05, 0.1) is 19.2 Å². The number of pyridine rings is 1. The molecule has 4 rings (SSSR count). The number of benzene rings is 1. The summed E-state index contributed by atoms with van der Waals surface area (Å²) in [6.45, 7) is 2.30. The van der Waals surface area contributed by atoms with Crippen LogP contribution in [0.15, 0.2) is 42.0 Å². The van der Waals surface area contributed by atoms with Crippen LogP contribution >= 0.6 is 11.3 Å². The van der Waals surface area contributed by atoms with Crippen molar-refractivity contribution < 1.29 is 19.0 Å². The second kappa shape index (κ2) is 12.1. The smallest absolute Gasteiger partial charge is 0.303 e. The minimum Gasteiger partial charge on any atom is -0.497 e. The van der Waals surface area contributed by atoms with E-state index in [-0.39, 0.29) is 12.3 Å². The summed E-state index contributed by atoms with van der Waals surface area (Å²) in [5, 5.41) is 12.7. The highest BCUT2D eigenvalue weighted by Gasteiger charge is 2.30. The third kappa shape index (κ3) is 6.77. The highest BCUT2D eigenvalue weighted by Crippen LogP contribution is 2.36. The Morgan fingerprint density at radius 1 is 1.29 bits per heavy atom. The zero-order chi connectivity index (χ0) is 24.6. The van der Waals surface area contributed by atoms with Crippen molar-refractivity contribution in [1.29, 1.82) is 0 Å². The Hall–Kier alpha value is -3.02. The number of piperidine rings is 1. The number of halogens is 1. The first-order valence-corrected chi connectivity index (χ1v) is 12.8. The van der Waals surface area contributed by atoms with Gasteiger partial charge >= 0.3 is 5.97 Å². The molecule has 0 spiro atoms. The van der Waals surface area contributed by atoms with Gasteiger partial charge in [0.15, 0.2) is 5.01 Å². The molecule has 0 bridgehead atoms. The number of carboxylic acid groups (broad SMARTS) is 1. The van der Waals surface area contributed by atoms with E-state index >= 15 is 4.39 Å². The number of carboxylic acids is 1. The van der Waals surface area contributed by atoms with Crippen molar-refractivity contribution in [1.82, 2.24) is 14.9 Å². The van der Waals surface area contributed by atoms with Crippen LogP contribution in [0.4, 0.5) is 4.39 Å². The molecule has 1 aliphatic rings. The Bertz CT molecular complexity index is 1190. The zero-order valence-corrected chi connectivity index (χ0v) is 20.6. The Morgan fingerprint density at radius 3 is 2.94 bits per heavy atom. The van der Waals surface area contributed by atoms with E-state index in [2.05, 4.69) is 26.7 Å². The molecule has 0 aliphatic carbocycles. The largest absolute Gasteiger partial charge is 0.497 e. The van der Waals surface area contributed by atoms with Crippen molar-refractivity contribution >= 4 is 28.2 Å². The maximum atomic E-state index is 15.5. The van der Waals surface area contributed by atoms with Crippen LogP contribution in [0.2, 0.25) is 0 Å². The summed E-state index contributed by atoms with van der Waals surface area (Å²) >= 11 is 1.52. The van der Waals surface area contributed by atoms with Crippen molar-refractivity contribution in [3.05, 3.63) is 52.6 Å². The maximum Gasteiger partial charge on any atom is 0.303 e. The van der Waals surface area contributed by atoms with Crippen molar-refractivity contribution in [2.45, 2.75) is 38.3 Å². The van der Waals surface area contributed by atoms with Crippen LogP contribution in [0, 0.1) is 23.7 Å². The molecule has 1 aliphatic heterocycles. The minimum absolute atomic E-state index is 0.133. The number of aromatic nitrogens is 2. The second-order valence-electron chi connectivity index (χ2n) is 8.94. The Balaban J connectivity index is 1.39. The summed E-state index contributed by atoms with van der Waals surface area (Å²) in [5.41, 5.74) is 1.38. The van der Waals surface area contributed by atoms with E-state index < -0.39 is 12.1 Å². The maximum absolute atomic E-state index is 15.5. The fraction of sp³-hybridized carbons (Fsp3) is 0.444. The monoisotopic (exact) mass is 495 g/mol. The first-order valence-electron chi connectivity index (χ1n) is 11.9. The molecule has 0 radical (unpaired) electrons. The SMILES string of the molecule is COc1ccc2nccc(C(F)CC[C@@H]3CCN(CC#Cc4nccs4)C[C@@H]3CCC(=O)O)c2c1. The van der Waals surface area contributed by atoms with Crippen molar-refractivity contribution in [2.24, 2.45) is 11.8 Å². The third-order valence-corrected chi connectivity index (χ3v) is 7.43. The Morgan fingerprint density at radius 2 is 2.17 bits per heavy atom. The lowest BCUT2D eigenvalue weighted by molar-refractivity contribution is -0.137. The zero-order valence-electron chi connectivity index (χ0n) is 19.8. The van der Waals surface area contributed by atoms with Gasteiger partial charge in [-0.3, -0.25) is 14.7 Å². The lowest BCUT2D eigenvalue weighted by Gasteiger charge is -2.38. The van der Waals surface area contributed by atoms with Gasteiger partial charge in [-0.25, -0.2) is 9.37 Å². The molecule has 1 aromatic carbocycles. The highest BCUT2D eigenvalue weighted by atomic mass is 32.1. The molecule has 0 amide bonds. The molecule has 184 valence electrons. The summed E-state index contributed by atoms with van der Waals surface area (Å²) in [4.78, 5) is 22.1. The van der Waals surface area contributed by atoms with Crippen LogP contribution in [-0.4, -0.2) is 52.7 Å². The normalized spacial score (nSPS) is 19.1. The number of rotatable bonds is 9. The summed E-state index contributed by atoms with van der Waals surface area (Å²) in [6, 6.07) is 7.26. The molecule has 1 fully saturated rings. The van der Waals surface area contributed by atoms with E-state index in [9.17, 15) is 9.90 Å². The number of aliphatic carboxylic acids is 1.